The summed E-state index contributed by atoms with van der Waals surface area (Å²) in [5.41, 5.74) is 0.535. The largest absolute Gasteiger partial charge is 0.297 e. The van der Waals surface area contributed by atoms with Crippen molar-refractivity contribution >= 4 is 12.6 Å². The number of hydrogen-bond acceptors (Lipinski definition) is 2. The Balaban J connectivity index is 2.01. The molecule has 1 aliphatic carbocycles. The van der Waals surface area contributed by atoms with Crippen molar-refractivity contribution in [2.24, 2.45) is 5.41 Å². The molecule has 100 valence electrons. The van der Waals surface area contributed by atoms with E-state index in [2.05, 4.69) is 31.4 Å². The third-order valence-corrected chi connectivity index (χ3v) is 5.86. The minimum Gasteiger partial charge on any atom is -0.297 e. The van der Waals surface area contributed by atoms with E-state index in [1.54, 1.807) is 0 Å². The summed E-state index contributed by atoms with van der Waals surface area (Å²) in [5.74, 6) is 1.09. The Morgan fingerprint density at radius 2 is 1.88 bits per heavy atom. The zero-order valence-electron chi connectivity index (χ0n) is 11.6. The molecule has 2 heteroatoms. The Labute approximate surface area is 113 Å². The highest BCUT2D eigenvalue weighted by molar-refractivity contribution is 7.80. The molecule has 1 aliphatic heterocycles. The van der Waals surface area contributed by atoms with Gasteiger partial charge in [-0.15, -0.1) is 0 Å². The van der Waals surface area contributed by atoms with Crippen LogP contribution in [0, 0.1) is 5.41 Å². The monoisotopic (exact) mass is 255 g/mol. The molecule has 2 atom stereocenters. The summed E-state index contributed by atoms with van der Waals surface area (Å²) in [6.07, 6.45) is 11.3. The van der Waals surface area contributed by atoms with Crippen LogP contribution >= 0.6 is 12.6 Å². The van der Waals surface area contributed by atoms with Gasteiger partial charge in [0.15, 0.2) is 0 Å². The first-order chi connectivity index (χ1) is 8.21. The molecule has 0 bridgehead atoms. The van der Waals surface area contributed by atoms with E-state index in [4.69, 9.17) is 0 Å². The molecule has 0 spiro atoms. The molecule has 0 N–H and O–H groups in total. The highest BCUT2D eigenvalue weighted by atomic mass is 32.1. The minimum atomic E-state index is 0.535. The lowest BCUT2D eigenvalue weighted by Gasteiger charge is -2.42. The van der Waals surface area contributed by atoms with E-state index in [-0.39, 0.29) is 0 Å². The van der Waals surface area contributed by atoms with Crippen molar-refractivity contribution in [2.45, 2.75) is 77.3 Å². The minimum absolute atomic E-state index is 0.535. The highest BCUT2D eigenvalue weighted by Gasteiger charge is 2.38. The smallest absolute Gasteiger partial charge is 0.00962 e. The number of rotatable bonds is 4. The van der Waals surface area contributed by atoms with Gasteiger partial charge in [0.2, 0.25) is 0 Å². The molecule has 0 amide bonds. The Morgan fingerprint density at radius 3 is 2.47 bits per heavy atom. The van der Waals surface area contributed by atoms with Crippen LogP contribution in [0.4, 0.5) is 0 Å². The van der Waals surface area contributed by atoms with Crippen molar-refractivity contribution in [3.05, 3.63) is 0 Å². The van der Waals surface area contributed by atoms with Crippen LogP contribution in [-0.4, -0.2) is 29.3 Å². The molecule has 0 aromatic carbocycles. The fraction of sp³-hybridized carbons (Fsp3) is 1.00. The first-order valence-electron chi connectivity index (χ1n) is 7.57. The van der Waals surface area contributed by atoms with E-state index in [0.717, 1.165) is 17.8 Å². The molecule has 0 aromatic rings. The Hall–Kier alpha value is 0.310. The predicted molar refractivity (Wildman–Crippen MR) is 78.9 cm³/mol. The van der Waals surface area contributed by atoms with Crippen LogP contribution in [0.3, 0.4) is 0 Å². The second-order valence-corrected chi connectivity index (χ2v) is 6.70. The van der Waals surface area contributed by atoms with Crippen LogP contribution in [0.15, 0.2) is 0 Å². The van der Waals surface area contributed by atoms with Gasteiger partial charge in [0.1, 0.15) is 0 Å². The molecular formula is C15H29NS. The molecule has 0 aromatic heterocycles. The standard InChI is InChI=1S/C15H29NS/c1-3-14-8-7-13(2)16(14)11-15(12-17)9-5-4-6-10-15/h13-14,17H,3-12H2,1-2H3. The average molecular weight is 255 g/mol. The summed E-state index contributed by atoms with van der Waals surface area (Å²) in [4.78, 5) is 2.81. The molecule has 1 heterocycles. The van der Waals surface area contributed by atoms with Crippen LogP contribution in [0.5, 0.6) is 0 Å². The summed E-state index contributed by atoms with van der Waals surface area (Å²) in [7, 11) is 0. The second-order valence-electron chi connectivity index (χ2n) is 6.38. The van der Waals surface area contributed by atoms with Gasteiger partial charge in [-0.05, 0) is 50.2 Å². The Morgan fingerprint density at radius 1 is 1.18 bits per heavy atom. The molecule has 1 saturated carbocycles. The van der Waals surface area contributed by atoms with Crippen molar-refractivity contribution in [1.29, 1.82) is 0 Å². The fourth-order valence-corrected chi connectivity index (χ4v) is 4.32. The third kappa shape index (κ3) is 3.01. The lowest BCUT2D eigenvalue weighted by Crippen LogP contribution is -2.45. The molecule has 2 rings (SSSR count). The lowest BCUT2D eigenvalue weighted by atomic mass is 9.75. The van der Waals surface area contributed by atoms with Gasteiger partial charge >= 0.3 is 0 Å². The normalized spacial score (nSPS) is 34.1. The van der Waals surface area contributed by atoms with Crippen LogP contribution in [-0.2, 0) is 0 Å². The predicted octanol–water partition coefficient (Wildman–Crippen LogP) is 4.13. The maximum absolute atomic E-state index is 4.68. The maximum atomic E-state index is 4.68. The summed E-state index contributed by atoms with van der Waals surface area (Å²) >= 11 is 4.68. The maximum Gasteiger partial charge on any atom is 0.00962 e. The number of hydrogen-bond donors (Lipinski definition) is 1. The van der Waals surface area contributed by atoms with Gasteiger partial charge in [0.25, 0.3) is 0 Å². The number of likely N-dealkylation sites (tertiary alicyclic amines) is 1. The molecule has 0 radical (unpaired) electrons. The Bertz CT molecular complexity index is 235. The van der Waals surface area contributed by atoms with Crippen LogP contribution in [0.1, 0.15) is 65.2 Å². The molecule has 17 heavy (non-hydrogen) atoms. The van der Waals surface area contributed by atoms with E-state index < -0.39 is 0 Å². The second kappa shape index (κ2) is 5.97. The van der Waals surface area contributed by atoms with Crippen molar-refractivity contribution in [3.63, 3.8) is 0 Å². The summed E-state index contributed by atoms with van der Waals surface area (Å²) in [5, 5.41) is 0. The van der Waals surface area contributed by atoms with Crippen molar-refractivity contribution in [2.75, 3.05) is 12.3 Å². The van der Waals surface area contributed by atoms with Crippen molar-refractivity contribution in [1.82, 2.24) is 4.90 Å². The quantitative estimate of drug-likeness (QED) is 0.739. The van der Waals surface area contributed by atoms with Gasteiger partial charge in [-0.25, -0.2) is 0 Å². The SMILES string of the molecule is CCC1CCC(C)N1CC1(CS)CCCCC1. The summed E-state index contributed by atoms with van der Waals surface area (Å²) in [6, 6.07) is 1.65. The topological polar surface area (TPSA) is 3.24 Å². The Kier molecular flexibility index (Phi) is 4.82. The average Bonchev–Trinajstić information content (AvgIpc) is 2.72. The van der Waals surface area contributed by atoms with Gasteiger partial charge in [0.05, 0.1) is 0 Å². The van der Waals surface area contributed by atoms with Crippen LogP contribution in [0.2, 0.25) is 0 Å². The molecule has 2 aliphatic rings. The lowest BCUT2D eigenvalue weighted by molar-refractivity contribution is 0.0917. The van der Waals surface area contributed by atoms with Crippen molar-refractivity contribution in [3.8, 4) is 0 Å². The van der Waals surface area contributed by atoms with E-state index in [9.17, 15) is 0 Å². The van der Waals surface area contributed by atoms with E-state index in [1.165, 1.54) is 57.9 Å². The van der Waals surface area contributed by atoms with Crippen LogP contribution < -0.4 is 0 Å². The van der Waals surface area contributed by atoms with Gasteiger partial charge in [-0.2, -0.15) is 12.6 Å². The number of nitrogens with zero attached hydrogens (tertiary/aromatic N) is 1. The van der Waals surface area contributed by atoms with Gasteiger partial charge in [-0.1, -0.05) is 26.2 Å². The first kappa shape index (κ1) is 13.7. The van der Waals surface area contributed by atoms with E-state index in [1.807, 2.05) is 0 Å². The van der Waals surface area contributed by atoms with Crippen LogP contribution in [0.25, 0.3) is 0 Å². The first-order valence-corrected chi connectivity index (χ1v) is 8.20. The molecule has 1 saturated heterocycles. The van der Waals surface area contributed by atoms with E-state index in [0.29, 0.717) is 5.41 Å². The highest BCUT2D eigenvalue weighted by Crippen LogP contribution is 2.40. The van der Waals surface area contributed by atoms with Gasteiger partial charge in [-0.3, -0.25) is 4.90 Å². The molecule has 2 fully saturated rings. The molecule has 2 unspecified atom stereocenters. The van der Waals surface area contributed by atoms with E-state index >= 15 is 0 Å². The number of thiol groups is 1. The third-order valence-electron chi connectivity index (χ3n) is 5.19. The molecule has 1 nitrogen and oxygen atoms in total. The van der Waals surface area contributed by atoms with Gasteiger partial charge in [0, 0.05) is 18.6 Å². The zero-order chi connectivity index (χ0) is 12.3. The zero-order valence-corrected chi connectivity index (χ0v) is 12.5. The molecular weight excluding hydrogens is 226 g/mol. The summed E-state index contributed by atoms with van der Waals surface area (Å²) in [6.45, 7) is 6.09. The fourth-order valence-electron chi connectivity index (χ4n) is 3.90. The van der Waals surface area contributed by atoms with Crippen molar-refractivity contribution < 1.29 is 0 Å². The summed E-state index contributed by atoms with van der Waals surface area (Å²) < 4.78 is 0. The van der Waals surface area contributed by atoms with Gasteiger partial charge < -0.3 is 0 Å².